The van der Waals surface area contributed by atoms with E-state index in [1.54, 1.807) is 0 Å². The van der Waals surface area contributed by atoms with Gasteiger partial charge in [0.15, 0.2) is 0 Å². The average Bonchev–Trinajstić information content (AvgIpc) is 2.07. The molecule has 7 heteroatoms. The molecule has 74 valence electrons. The second-order valence-corrected chi connectivity index (χ2v) is 2.43. The second kappa shape index (κ2) is 4.66. The first kappa shape index (κ1) is 11.7. The first-order valence-corrected chi connectivity index (χ1v) is 3.66. The lowest BCUT2D eigenvalue weighted by Crippen LogP contribution is -2.34. The van der Waals surface area contributed by atoms with Gasteiger partial charge in [0.1, 0.15) is 5.69 Å². The summed E-state index contributed by atoms with van der Waals surface area (Å²) in [6.45, 7) is 1.94. The SMILES string of the molecule is CCCc1nnc(N)n(N)c1=O.Cl. The number of hydrogen-bond acceptors (Lipinski definition) is 5. The molecule has 0 amide bonds. The number of rotatable bonds is 2. The Balaban J connectivity index is 0.00000144. The van der Waals surface area contributed by atoms with Crippen LogP contribution in [0.15, 0.2) is 4.79 Å². The zero-order chi connectivity index (χ0) is 9.14. The Morgan fingerprint density at radius 1 is 1.46 bits per heavy atom. The van der Waals surface area contributed by atoms with Gasteiger partial charge in [-0.05, 0) is 6.42 Å². The molecule has 6 nitrogen and oxygen atoms in total. The predicted molar refractivity (Wildman–Crippen MR) is 52.1 cm³/mol. The van der Waals surface area contributed by atoms with Crippen LogP contribution >= 0.6 is 12.4 Å². The molecule has 0 radical (unpaired) electrons. The summed E-state index contributed by atoms with van der Waals surface area (Å²) < 4.78 is 0.804. The van der Waals surface area contributed by atoms with Crippen molar-refractivity contribution in [1.29, 1.82) is 0 Å². The van der Waals surface area contributed by atoms with Crippen LogP contribution < -0.4 is 17.1 Å². The Kier molecular flexibility index (Phi) is 4.19. The van der Waals surface area contributed by atoms with Gasteiger partial charge in [-0.3, -0.25) is 4.79 Å². The first-order valence-electron chi connectivity index (χ1n) is 3.66. The van der Waals surface area contributed by atoms with Gasteiger partial charge < -0.3 is 11.6 Å². The van der Waals surface area contributed by atoms with Crippen LogP contribution in [0, 0.1) is 0 Å². The zero-order valence-corrected chi connectivity index (χ0v) is 8.04. The van der Waals surface area contributed by atoms with Crippen molar-refractivity contribution >= 4 is 18.4 Å². The summed E-state index contributed by atoms with van der Waals surface area (Å²) in [6.07, 6.45) is 1.40. The molecule has 0 aromatic carbocycles. The van der Waals surface area contributed by atoms with Gasteiger partial charge in [-0.15, -0.1) is 22.6 Å². The molecule has 0 saturated heterocycles. The molecule has 0 aliphatic rings. The monoisotopic (exact) mass is 205 g/mol. The normalized spacial score (nSPS) is 9.31. The van der Waals surface area contributed by atoms with E-state index in [-0.39, 0.29) is 23.9 Å². The van der Waals surface area contributed by atoms with Crippen molar-refractivity contribution < 1.29 is 0 Å². The number of hydrogen-bond donors (Lipinski definition) is 2. The van der Waals surface area contributed by atoms with Crippen LogP contribution in [0.5, 0.6) is 0 Å². The van der Waals surface area contributed by atoms with E-state index < -0.39 is 0 Å². The molecule has 1 rings (SSSR count). The van der Waals surface area contributed by atoms with Crippen molar-refractivity contribution in [3.63, 3.8) is 0 Å². The minimum Gasteiger partial charge on any atom is -0.366 e. The van der Waals surface area contributed by atoms with E-state index in [2.05, 4.69) is 10.2 Å². The lowest BCUT2D eigenvalue weighted by Gasteiger charge is -2.01. The third-order valence-corrected chi connectivity index (χ3v) is 1.47. The number of aryl methyl sites for hydroxylation is 1. The van der Waals surface area contributed by atoms with E-state index in [1.807, 2.05) is 6.92 Å². The smallest absolute Gasteiger partial charge is 0.295 e. The van der Waals surface area contributed by atoms with Gasteiger partial charge in [-0.1, -0.05) is 13.3 Å². The Bertz CT molecular complexity index is 336. The largest absolute Gasteiger partial charge is 0.366 e. The van der Waals surface area contributed by atoms with Gasteiger partial charge >= 0.3 is 0 Å². The molecule has 0 spiro atoms. The van der Waals surface area contributed by atoms with Crippen molar-refractivity contribution in [2.45, 2.75) is 19.8 Å². The molecule has 0 unspecified atom stereocenters. The number of nitrogens with two attached hydrogens (primary N) is 2. The van der Waals surface area contributed by atoms with Crippen LogP contribution in [0.1, 0.15) is 19.0 Å². The standard InChI is InChI=1S/C6H11N5O.ClH/c1-2-3-4-5(12)11(8)6(7)10-9-4;/h2-3,8H2,1H3,(H2,7,10);1H. The summed E-state index contributed by atoms with van der Waals surface area (Å²) in [5.74, 6) is 5.22. The second-order valence-electron chi connectivity index (χ2n) is 2.43. The number of nitrogens with zero attached hydrogens (tertiary/aromatic N) is 3. The summed E-state index contributed by atoms with van der Waals surface area (Å²) in [6, 6.07) is 0. The summed E-state index contributed by atoms with van der Waals surface area (Å²) in [4.78, 5) is 11.2. The molecule has 0 fully saturated rings. The van der Waals surface area contributed by atoms with Crippen LogP contribution in [-0.2, 0) is 6.42 Å². The third-order valence-electron chi connectivity index (χ3n) is 1.47. The minimum atomic E-state index is -0.371. The fourth-order valence-corrected chi connectivity index (χ4v) is 0.839. The highest BCUT2D eigenvalue weighted by Gasteiger charge is 2.05. The Hall–Kier alpha value is -1.30. The fraction of sp³-hybridized carbons (Fsp3) is 0.500. The van der Waals surface area contributed by atoms with Gasteiger partial charge in [0.25, 0.3) is 5.56 Å². The first-order chi connectivity index (χ1) is 5.66. The molecule has 13 heavy (non-hydrogen) atoms. The molecule has 0 bridgehead atoms. The van der Waals surface area contributed by atoms with Crippen molar-refractivity contribution in [3.05, 3.63) is 16.0 Å². The van der Waals surface area contributed by atoms with E-state index >= 15 is 0 Å². The summed E-state index contributed by atoms with van der Waals surface area (Å²) in [7, 11) is 0. The van der Waals surface area contributed by atoms with E-state index in [1.165, 1.54) is 0 Å². The van der Waals surface area contributed by atoms with E-state index in [4.69, 9.17) is 11.6 Å². The molecule has 1 aromatic heterocycles. The third kappa shape index (κ3) is 2.32. The molecule has 4 N–H and O–H groups in total. The topological polar surface area (TPSA) is 99.8 Å². The van der Waals surface area contributed by atoms with Crippen LogP contribution in [0.25, 0.3) is 0 Å². The predicted octanol–water partition coefficient (Wildman–Crippen LogP) is -0.691. The van der Waals surface area contributed by atoms with E-state index in [9.17, 15) is 4.79 Å². The van der Waals surface area contributed by atoms with E-state index in [0.29, 0.717) is 12.1 Å². The van der Waals surface area contributed by atoms with Gasteiger partial charge in [0.2, 0.25) is 5.95 Å². The quantitative estimate of drug-likeness (QED) is 0.623. The van der Waals surface area contributed by atoms with Crippen LogP contribution in [-0.4, -0.2) is 14.9 Å². The number of anilines is 1. The van der Waals surface area contributed by atoms with Gasteiger partial charge in [0, 0.05) is 0 Å². The van der Waals surface area contributed by atoms with Crippen molar-refractivity contribution in [3.8, 4) is 0 Å². The van der Waals surface area contributed by atoms with Crippen LogP contribution in [0.4, 0.5) is 5.95 Å². The van der Waals surface area contributed by atoms with Gasteiger partial charge in [-0.2, -0.15) is 4.68 Å². The molecular formula is C6H12ClN5O. The maximum atomic E-state index is 11.2. The highest BCUT2D eigenvalue weighted by molar-refractivity contribution is 5.85. The van der Waals surface area contributed by atoms with Crippen LogP contribution in [0.3, 0.4) is 0 Å². The molecule has 0 saturated carbocycles. The average molecular weight is 206 g/mol. The van der Waals surface area contributed by atoms with E-state index in [0.717, 1.165) is 11.1 Å². The van der Waals surface area contributed by atoms with Gasteiger partial charge in [0.05, 0.1) is 0 Å². The Morgan fingerprint density at radius 3 is 2.62 bits per heavy atom. The lowest BCUT2D eigenvalue weighted by atomic mass is 10.3. The fourth-order valence-electron chi connectivity index (χ4n) is 0.839. The summed E-state index contributed by atoms with van der Waals surface area (Å²) in [5.41, 5.74) is 5.23. The molecule has 1 aromatic rings. The van der Waals surface area contributed by atoms with Crippen molar-refractivity contribution in [2.24, 2.45) is 0 Å². The minimum absolute atomic E-state index is 0. The lowest BCUT2D eigenvalue weighted by molar-refractivity contribution is 0.754. The van der Waals surface area contributed by atoms with Crippen LogP contribution in [0.2, 0.25) is 0 Å². The zero-order valence-electron chi connectivity index (χ0n) is 7.23. The number of halogens is 1. The van der Waals surface area contributed by atoms with Crippen molar-refractivity contribution in [1.82, 2.24) is 14.9 Å². The molecule has 0 atom stereocenters. The number of aromatic nitrogens is 3. The summed E-state index contributed by atoms with van der Waals surface area (Å²) >= 11 is 0. The highest BCUT2D eigenvalue weighted by Crippen LogP contribution is 1.91. The maximum absolute atomic E-state index is 11.2. The summed E-state index contributed by atoms with van der Waals surface area (Å²) in [5, 5.41) is 7.16. The van der Waals surface area contributed by atoms with Gasteiger partial charge in [-0.25, -0.2) is 0 Å². The number of nitrogen functional groups attached to an aromatic ring is 2. The Labute approximate surface area is 81.3 Å². The molecule has 0 aliphatic carbocycles. The Morgan fingerprint density at radius 2 is 2.08 bits per heavy atom. The molecular weight excluding hydrogens is 194 g/mol. The maximum Gasteiger partial charge on any atom is 0.295 e. The molecule has 1 heterocycles. The molecule has 0 aliphatic heterocycles. The van der Waals surface area contributed by atoms with Crippen molar-refractivity contribution in [2.75, 3.05) is 11.6 Å². The highest BCUT2D eigenvalue weighted by atomic mass is 35.5.